The Bertz CT molecular complexity index is 621. The van der Waals surface area contributed by atoms with Gasteiger partial charge in [-0.05, 0) is 46.5 Å². The van der Waals surface area contributed by atoms with Gasteiger partial charge in [0, 0.05) is 19.0 Å². The molecule has 112 valence electrons. The number of anilines is 1. The monoisotopic (exact) mass is 322 g/mol. The first-order valence-electron chi connectivity index (χ1n) is 6.63. The highest BCUT2D eigenvalue weighted by atomic mass is 35.5. The van der Waals surface area contributed by atoms with Gasteiger partial charge in [-0.25, -0.2) is 0 Å². The lowest BCUT2D eigenvalue weighted by molar-refractivity contribution is 0.590. The van der Waals surface area contributed by atoms with Gasteiger partial charge in [0.1, 0.15) is 0 Å². The van der Waals surface area contributed by atoms with Crippen LogP contribution in [-0.2, 0) is 5.41 Å². The normalized spacial score (nSPS) is 11.5. The van der Waals surface area contributed by atoms with Gasteiger partial charge in [0.15, 0.2) is 5.16 Å². The van der Waals surface area contributed by atoms with Crippen LogP contribution in [0.3, 0.4) is 0 Å². The van der Waals surface area contributed by atoms with Gasteiger partial charge in [-0.3, -0.25) is 0 Å². The Kier molecular flexibility index (Phi) is 4.74. The molecule has 2 rings (SSSR count). The highest BCUT2D eigenvalue weighted by Gasteiger charge is 2.13. The molecule has 0 atom stereocenters. The first-order chi connectivity index (χ1) is 9.75. The molecule has 21 heavy (non-hydrogen) atoms. The Labute approximate surface area is 135 Å². The van der Waals surface area contributed by atoms with Gasteiger partial charge in [-0.2, -0.15) is 15.0 Å². The van der Waals surface area contributed by atoms with Crippen molar-refractivity contribution in [1.29, 1.82) is 0 Å². The zero-order valence-corrected chi connectivity index (χ0v) is 14.5. The summed E-state index contributed by atoms with van der Waals surface area (Å²) in [6.45, 7) is 6.60. The van der Waals surface area contributed by atoms with Crippen molar-refractivity contribution in [3.63, 3.8) is 0 Å². The molecule has 0 aliphatic carbocycles. The Balaban J connectivity index is 2.22. The summed E-state index contributed by atoms with van der Waals surface area (Å²) in [7, 11) is 3.75. The molecule has 1 aromatic heterocycles. The Morgan fingerprint density at radius 2 is 1.62 bits per heavy atom. The van der Waals surface area contributed by atoms with Crippen LogP contribution in [0.15, 0.2) is 34.3 Å². The lowest BCUT2D eigenvalue weighted by Gasteiger charge is -2.19. The zero-order valence-electron chi connectivity index (χ0n) is 12.9. The molecule has 0 N–H and O–H groups in total. The fourth-order valence-corrected chi connectivity index (χ4v) is 2.64. The number of hydrogen-bond donors (Lipinski definition) is 0. The zero-order chi connectivity index (χ0) is 15.6. The molecular weight excluding hydrogens is 304 g/mol. The summed E-state index contributed by atoms with van der Waals surface area (Å²) >= 11 is 7.42. The highest BCUT2D eigenvalue weighted by molar-refractivity contribution is 7.99. The van der Waals surface area contributed by atoms with Crippen molar-refractivity contribution < 1.29 is 0 Å². The van der Waals surface area contributed by atoms with Gasteiger partial charge in [0.2, 0.25) is 11.2 Å². The average Bonchev–Trinajstić information content (AvgIpc) is 2.37. The molecule has 0 spiro atoms. The molecule has 6 heteroatoms. The number of rotatable bonds is 3. The van der Waals surface area contributed by atoms with E-state index >= 15 is 0 Å². The largest absolute Gasteiger partial charge is 0.347 e. The first kappa shape index (κ1) is 16.0. The highest BCUT2D eigenvalue weighted by Crippen LogP contribution is 2.29. The number of hydrogen-bond acceptors (Lipinski definition) is 5. The average molecular weight is 323 g/mol. The number of benzene rings is 1. The molecule has 0 fully saturated rings. The third-order valence-corrected chi connectivity index (χ3v) is 3.95. The maximum atomic E-state index is 5.94. The Morgan fingerprint density at radius 1 is 1.00 bits per heavy atom. The molecule has 0 saturated carbocycles. The van der Waals surface area contributed by atoms with Crippen molar-refractivity contribution in [1.82, 2.24) is 15.0 Å². The summed E-state index contributed by atoms with van der Waals surface area (Å²) in [4.78, 5) is 15.5. The third-order valence-electron chi connectivity index (χ3n) is 2.91. The molecule has 0 aliphatic heterocycles. The fraction of sp³-hybridized carbons (Fsp3) is 0.400. The summed E-state index contributed by atoms with van der Waals surface area (Å²) in [6.07, 6.45) is 0. The lowest BCUT2D eigenvalue weighted by Crippen LogP contribution is -2.13. The van der Waals surface area contributed by atoms with Crippen molar-refractivity contribution in [2.24, 2.45) is 0 Å². The molecule has 0 unspecified atom stereocenters. The van der Waals surface area contributed by atoms with Crippen LogP contribution in [0.4, 0.5) is 5.95 Å². The van der Waals surface area contributed by atoms with Crippen LogP contribution < -0.4 is 4.90 Å². The van der Waals surface area contributed by atoms with E-state index in [1.54, 1.807) is 4.90 Å². The summed E-state index contributed by atoms with van der Waals surface area (Å²) in [5, 5.41) is 0.810. The van der Waals surface area contributed by atoms with E-state index in [4.69, 9.17) is 11.6 Å². The van der Waals surface area contributed by atoms with E-state index in [0.717, 1.165) is 4.90 Å². The summed E-state index contributed by atoms with van der Waals surface area (Å²) < 4.78 is 0. The Hall–Kier alpha value is -1.33. The van der Waals surface area contributed by atoms with Crippen LogP contribution in [0.5, 0.6) is 0 Å². The van der Waals surface area contributed by atoms with Gasteiger partial charge < -0.3 is 4.90 Å². The van der Waals surface area contributed by atoms with E-state index in [-0.39, 0.29) is 10.7 Å². The van der Waals surface area contributed by atoms with E-state index in [1.165, 1.54) is 17.3 Å². The van der Waals surface area contributed by atoms with Crippen molar-refractivity contribution in [3.8, 4) is 0 Å². The standard InChI is InChI=1S/C15H19ClN4S/c1-15(2,3)10-6-8-11(9-7-10)21-14-18-12(16)17-13(19-14)20(4)5/h6-9H,1-5H3. The van der Waals surface area contributed by atoms with Crippen molar-refractivity contribution in [2.75, 3.05) is 19.0 Å². The third kappa shape index (κ3) is 4.32. The maximum absolute atomic E-state index is 5.94. The second kappa shape index (κ2) is 6.20. The molecular formula is C15H19ClN4S. The van der Waals surface area contributed by atoms with E-state index < -0.39 is 0 Å². The van der Waals surface area contributed by atoms with E-state index in [0.29, 0.717) is 11.1 Å². The van der Waals surface area contributed by atoms with Gasteiger partial charge >= 0.3 is 0 Å². The van der Waals surface area contributed by atoms with E-state index in [9.17, 15) is 0 Å². The quantitative estimate of drug-likeness (QED) is 0.853. The van der Waals surface area contributed by atoms with Crippen LogP contribution in [-0.4, -0.2) is 29.0 Å². The summed E-state index contributed by atoms with van der Waals surface area (Å²) in [6, 6.07) is 8.44. The SMILES string of the molecule is CN(C)c1nc(Cl)nc(Sc2ccc(C(C)(C)C)cc2)n1. The fourth-order valence-electron chi connectivity index (χ4n) is 1.70. The molecule has 0 amide bonds. The maximum Gasteiger partial charge on any atom is 0.230 e. The van der Waals surface area contributed by atoms with Crippen molar-refractivity contribution >= 4 is 29.3 Å². The molecule has 0 radical (unpaired) electrons. The molecule has 0 bridgehead atoms. The van der Waals surface area contributed by atoms with Crippen LogP contribution in [0.2, 0.25) is 5.28 Å². The second-order valence-corrected chi connectivity index (χ2v) is 7.34. The van der Waals surface area contributed by atoms with Crippen LogP contribution in [0, 0.1) is 0 Å². The van der Waals surface area contributed by atoms with Crippen molar-refractivity contribution in [2.45, 2.75) is 36.2 Å². The first-order valence-corrected chi connectivity index (χ1v) is 7.82. The molecule has 4 nitrogen and oxygen atoms in total. The van der Waals surface area contributed by atoms with E-state index in [2.05, 4.69) is 60.0 Å². The number of halogens is 1. The van der Waals surface area contributed by atoms with Gasteiger partial charge in [-0.1, -0.05) is 32.9 Å². The van der Waals surface area contributed by atoms with Crippen LogP contribution in [0.1, 0.15) is 26.3 Å². The smallest absolute Gasteiger partial charge is 0.230 e. The van der Waals surface area contributed by atoms with Gasteiger partial charge in [-0.15, -0.1) is 0 Å². The molecule has 1 aromatic carbocycles. The summed E-state index contributed by atoms with van der Waals surface area (Å²) in [5.41, 5.74) is 1.45. The van der Waals surface area contributed by atoms with Crippen molar-refractivity contribution in [3.05, 3.63) is 35.1 Å². The molecule has 2 aromatic rings. The topological polar surface area (TPSA) is 41.9 Å². The predicted octanol–water partition coefficient (Wildman–Crippen LogP) is 4.04. The van der Waals surface area contributed by atoms with Gasteiger partial charge in [0.05, 0.1) is 0 Å². The van der Waals surface area contributed by atoms with Crippen LogP contribution in [0.25, 0.3) is 0 Å². The van der Waals surface area contributed by atoms with E-state index in [1.807, 2.05) is 14.1 Å². The summed E-state index contributed by atoms with van der Waals surface area (Å²) in [5.74, 6) is 0.559. The number of nitrogens with zero attached hydrogens (tertiary/aromatic N) is 4. The van der Waals surface area contributed by atoms with Crippen LogP contribution >= 0.6 is 23.4 Å². The molecule has 0 aliphatic rings. The van der Waals surface area contributed by atoms with Gasteiger partial charge in [0.25, 0.3) is 0 Å². The number of aromatic nitrogens is 3. The molecule has 1 heterocycles. The molecule has 0 saturated heterocycles. The minimum atomic E-state index is 0.151. The lowest BCUT2D eigenvalue weighted by atomic mass is 9.87. The Morgan fingerprint density at radius 3 is 2.14 bits per heavy atom. The second-order valence-electron chi connectivity index (χ2n) is 5.96. The minimum absolute atomic E-state index is 0.151. The minimum Gasteiger partial charge on any atom is -0.347 e. The predicted molar refractivity (Wildman–Crippen MR) is 88.4 cm³/mol.